The number of nitrogens with one attached hydrogen (secondary N) is 2. The molecule has 1 amide bonds. The number of benzene rings is 1. The highest BCUT2D eigenvalue weighted by Gasteiger charge is 2.01. The van der Waals surface area contributed by atoms with Crippen LogP contribution in [0.25, 0.3) is 0 Å². The number of ether oxygens (including phenoxy) is 1. The standard InChI is InChI=1S/C14H22N2O2/c1-11(2)18-8-7-15-10-14(17)16-13-6-4-5-12(3)9-13/h4-6,9,11,15H,7-8,10H2,1-3H3,(H,16,17). The van der Waals surface area contributed by atoms with E-state index in [0.717, 1.165) is 11.3 Å². The molecule has 18 heavy (non-hydrogen) atoms. The SMILES string of the molecule is Cc1cccc(NC(=O)CNCCOC(C)C)c1. The maximum absolute atomic E-state index is 11.6. The number of rotatable bonds is 7. The second-order valence-corrected chi connectivity index (χ2v) is 4.51. The van der Waals surface area contributed by atoms with Crippen molar-refractivity contribution in [2.24, 2.45) is 0 Å². The number of anilines is 1. The van der Waals surface area contributed by atoms with Gasteiger partial charge in [-0.1, -0.05) is 12.1 Å². The summed E-state index contributed by atoms with van der Waals surface area (Å²) < 4.78 is 5.36. The minimum atomic E-state index is -0.0369. The van der Waals surface area contributed by atoms with E-state index in [1.165, 1.54) is 0 Å². The molecule has 0 aliphatic carbocycles. The molecular formula is C14H22N2O2. The smallest absolute Gasteiger partial charge is 0.238 e. The van der Waals surface area contributed by atoms with E-state index >= 15 is 0 Å². The van der Waals surface area contributed by atoms with E-state index in [9.17, 15) is 4.79 Å². The molecule has 0 radical (unpaired) electrons. The largest absolute Gasteiger partial charge is 0.377 e. The first-order chi connectivity index (χ1) is 8.58. The molecule has 0 saturated heterocycles. The second-order valence-electron chi connectivity index (χ2n) is 4.51. The fourth-order valence-electron chi connectivity index (χ4n) is 1.50. The van der Waals surface area contributed by atoms with Gasteiger partial charge in [0.1, 0.15) is 0 Å². The molecule has 0 atom stereocenters. The number of carbonyl (C=O) groups excluding carboxylic acids is 1. The van der Waals surface area contributed by atoms with Crippen LogP contribution in [0.2, 0.25) is 0 Å². The van der Waals surface area contributed by atoms with Crippen molar-refractivity contribution >= 4 is 11.6 Å². The Morgan fingerprint density at radius 3 is 2.83 bits per heavy atom. The molecule has 1 aromatic rings. The molecule has 4 nitrogen and oxygen atoms in total. The van der Waals surface area contributed by atoms with Crippen molar-refractivity contribution in [1.82, 2.24) is 5.32 Å². The maximum Gasteiger partial charge on any atom is 0.238 e. The molecule has 0 aliphatic heterocycles. The minimum Gasteiger partial charge on any atom is -0.377 e. The van der Waals surface area contributed by atoms with Crippen LogP contribution in [0, 0.1) is 6.92 Å². The van der Waals surface area contributed by atoms with Crippen molar-refractivity contribution in [2.45, 2.75) is 26.9 Å². The zero-order chi connectivity index (χ0) is 13.4. The van der Waals surface area contributed by atoms with E-state index in [1.54, 1.807) is 0 Å². The predicted molar refractivity (Wildman–Crippen MR) is 73.8 cm³/mol. The van der Waals surface area contributed by atoms with Crippen molar-refractivity contribution in [2.75, 3.05) is 25.0 Å². The van der Waals surface area contributed by atoms with Gasteiger partial charge in [-0.15, -0.1) is 0 Å². The normalized spacial score (nSPS) is 10.7. The van der Waals surface area contributed by atoms with Crippen LogP contribution in [0.15, 0.2) is 24.3 Å². The van der Waals surface area contributed by atoms with Gasteiger partial charge in [-0.3, -0.25) is 4.79 Å². The summed E-state index contributed by atoms with van der Waals surface area (Å²) in [5.41, 5.74) is 1.96. The van der Waals surface area contributed by atoms with E-state index in [4.69, 9.17) is 4.74 Å². The number of aryl methyl sites for hydroxylation is 1. The van der Waals surface area contributed by atoms with E-state index in [-0.39, 0.29) is 12.0 Å². The Morgan fingerprint density at radius 2 is 2.17 bits per heavy atom. The van der Waals surface area contributed by atoms with Gasteiger partial charge in [-0.25, -0.2) is 0 Å². The predicted octanol–water partition coefficient (Wildman–Crippen LogP) is 1.95. The number of carbonyl (C=O) groups is 1. The number of hydrogen-bond donors (Lipinski definition) is 2. The molecule has 4 heteroatoms. The summed E-state index contributed by atoms with van der Waals surface area (Å²) in [4.78, 5) is 11.6. The van der Waals surface area contributed by atoms with Crippen LogP contribution >= 0.6 is 0 Å². The van der Waals surface area contributed by atoms with Gasteiger partial charge in [0.25, 0.3) is 0 Å². The summed E-state index contributed by atoms with van der Waals surface area (Å²) >= 11 is 0. The highest BCUT2D eigenvalue weighted by Crippen LogP contribution is 2.08. The first-order valence-electron chi connectivity index (χ1n) is 6.27. The first-order valence-corrected chi connectivity index (χ1v) is 6.27. The minimum absolute atomic E-state index is 0.0369. The highest BCUT2D eigenvalue weighted by molar-refractivity contribution is 5.92. The molecule has 0 unspecified atom stereocenters. The zero-order valence-corrected chi connectivity index (χ0v) is 11.3. The van der Waals surface area contributed by atoms with Crippen LogP contribution in [0.3, 0.4) is 0 Å². The summed E-state index contributed by atoms with van der Waals surface area (Å²) in [6.07, 6.45) is 0.230. The lowest BCUT2D eigenvalue weighted by Crippen LogP contribution is -2.30. The van der Waals surface area contributed by atoms with Gasteiger partial charge in [-0.2, -0.15) is 0 Å². The van der Waals surface area contributed by atoms with Crippen molar-refractivity contribution < 1.29 is 9.53 Å². The molecule has 0 saturated carbocycles. The topological polar surface area (TPSA) is 50.4 Å². The summed E-state index contributed by atoms with van der Waals surface area (Å²) in [5.74, 6) is -0.0369. The third-order valence-electron chi connectivity index (χ3n) is 2.32. The lowest BCUT2D eigenvalue weighted by Gasteiger charge is -2.09. The molecule has 0 aromatic heterocycles. The Kier molecular flexibility index (Phi) is 6.39. The molecular weight excluding hydrogens is 228 g/mol. The molecule has 2 N–H and O–H groups in total. The molecule has 0 heterocycles. The Hall–Kier alpha value is -1.39. The maximum atomic E-state index is 11.6. The molecule has 0 fully saturated rings. The fraction of sp³-hybridized carbons (Fsp3) is 0.500. The Morgan fingerprint density at radius 1 is 1.39 bits per heavy atom. The van der Waals surface area contributed by atoms with E-state index < -0.39 is 0 Å². The van der Waals surface area contributed by atoms with Gasteiger partial charge in [0.15, 0.2) is 0 Å². The van der Waals surface area contributed by atoms with Crippen molar-refractivity contribution in [3.05, 3.63) is 29.8 Å². The highest BCUT2D eigenvalue weighted by atomic mass is 16.5. The van der Waals surface area contributed by atoms with Crippen LogP contribution < -0.4 is 10.6 Å². The molecule has 0 bridgehead atoms. The van der Waals surface area contributed by atoms with Gasteiger partial charge >= 0.3 is 0 Å². The van der Waals surface area contributed by atoms with Crippen molar-refractivity contribution in [1.29, 1.82) is 0 Å². The van der Waals surface area contributed by atoms with Gasteiger partial charge in [-0.05, 0) is 38.5 Å². The van der Waals surface area contributed by atoms with Crippen LogP contribution in [-0.2, 0) is 9.53 Å². The zero-order valence-electron chi connectivity index (χ0n) is 11.3. The average Bonchev–Trinajstić information content (AvgIpc) is 2.28. The molecule has 1 aromatic carbocycles. The molecule has 100 valence electrons. The summed E-state index contributed by atoms with van der Waals surface area (Å²) in [5, 5.41) is 5.88. The third-order valence-corrected chi connectivity index (χ3v) is 2.32. The second kappa shape index (κ2) is 7.84. The quantitative estimate of drug-likeness (QED) is 0.727. The lowest BCUT2D eigenvalue weighted by atomic mass is 10.2. The molecule has 0 spiro atoms. The van der Waals surface area contributed by atoms with Crippen LogP contribution in [-0.4, -0.2) is 31.7 Å². The summed E-state index contributed by atoms with van der Waals surface area (Å²) in [7, 11) is 0. The average molecular weight is 250 g/mol. The number of hydrogen-bond acceptors (Lipinski definition) is 3. The molecule has 0 aliphatic rings. The molecule has 1 rings (SSSR count). The Bertz CT molecular complexity index is 378. The van der Waals surface area contributed by atoms with Crippen LogP contribution in [0.1, 0.15) is 19.4 Å². The summed E-state index contributed by atoms with van der Waals surface area (Å²) in [6, 6.07) is 7.75. The summed E-state index contributed by atoms with van der Waals surface area (Å²) in [6.45, 7) is 7.58. The lowest BCUT2D eigenvalue weighted by molar-refractivity contribution is -0.115. The van der Waals surface area contributed by atoms with Gasteiger partial charge in [0.2, 0.25) is 5.91 Å². The fourth-order valence-corrected chi connectivity index (χ4v) is 1.50. The first kappa shape index (κ1) is 14.7. The van der Waals surface area contributed by atoms with E-state index in [2.05, 4.69) is 10.6 Å². The monoisotopic (exact) mass is 250 g/mol. The van der Waals surface area contributed by atoms with Crippen molar-refractivity contribution in [3.63, 3.8) is 0 Å². The van der Waals surface area contributed by atoms with Crippen LogP contribution in [0.5, 0.6) is 0 Å². The Balaban J connectivity index is 2.18. The van der Waals surface area contributed by atoms with E-state index in [0.29, 0.717) is 19.7 Å². The van der Waals surface area contributed by atoms with Gasteiger partial charge in [0.05, 0.1) is 19.3 Å². The van der Waals surface area contributed by atoms with Crippen molar-refractivity contribution in [3.8, 4) is 0 Å². The number of amides is 1. The van der Waals surface area contributed by atoms with Gasteiger partial charge in [0, 0.05) is 12.2 Å². The Labute approximate surface area is 109 Å². The van der Waals surface area contributed by atoms with E-state index in [1.807, 2.05) is 45.0 Å². The van der Waals surface area contributed by atoms with Gasteiger partial charge < -0.3 is 15.4 Å². The third kappa shape index (κ3) is 6.37. The van der Waals surface area contributed by atoms with Crippen LogP contribution in [0.4, 0.5) is 5.69 Å².